The number of carbonyl (C=O) groups is 2. The van der Waals surface area contributed by atoms with Crippen LogP contribution in [0.5, 0.6) is 0 Å². The molecule has 0 radical (unpaired) electrons. The molecule has 0 fully saturated rings. The van der Waals surface area contributed by atoms with E-state index in [1.54, 1.807) is 18.2 Å². The first-order valence-electron chi connectivity index (χ1n) is 8.78. The van der Waals surface area contributed by atoms with Crippen LogP contribution in [0.2, 0.25) is 0 Å². The molecule has 0 atom stereocenters. The molecule has 0 spiro atoms. The Balaban J connectivity index is 1.56. The number of benzene rings is 2. The van der Waals surface area contributed by atoms with E-state index in [-0.39, 0.29) is 24.4 Å². The van der Waals surface area contributed by atoms with Gasteiger partial charge in [-0.1, -0.05) is 6.07 Å². The topological polar surface area (TPSA) is 80.2 Å². The lowest BCUT2D eigenvalue weighted by Gasteiger charge is -2.10. The molecule has 29 heavy (non-hydrogen) atoms. The minimum absolute atomic E-state index is 0.0101. The van der Waals surface area contributed by atoms with Crippen molar-refractivity contribution in [1.82, 2.24) is 4.57 Å². The molecule has 1 aromatic heterocycles. The number of aromatic nitrogens is 1. The first-order chi connectivity index (χ1) is 13.9. The first kappa shape index (κ1) is 18.5. The van der Waals surface area contributed by atoms with E-state index in [9.17, 15) is 23.2 Å². The van der Waals surface area contributed by atoms with Gasteiger partial charge in [0.1, 0.15) is 5.56 Å². The maximum absolute atomic E-state index is 13.4. The van der Waals surface area contributed by atoms with Crippen molar-refractivity contribution in [3.63, 3.8) is 0 Å². The van der Waals surface area contributed by atoms with Crippen molar-refractivity contribution >= 4 is 23.2 Å². The lowest BCUT2D eigenvalue weighted by Crippen LogP contribution is -2.29. The van der Waals surface area contributed by atoms with E-state index in [1.165, 1.54) is 29.0 Å². The number of halogens is 2. The number of fused-ring (bicyclic) bond motifs is 1. The van der Waals surface area contributed by atoms with Crippen LogP contribution < -0.4 is 16.2 Å². The number of pyridine rings is 1. The summed E-state index contributed by atoms with van der Waals surface area (Å²) < 4.78 is 27.7. The van der Waals surface area contributed by atoms with Gasteiger partial charge in [0.05, 0.1) is 13.0 Å². The van der Waals surface area contributed by atoms with Gasteiger partial charge in [-0.05, 0) is 53.6 Å². The van der Waals surface area contributed by atoms with E-state index in [0.717, 1.165) is 17.7 Å². The Morgan fingerprint density at radius 1 is 1.07 bits per heavy atom. The molecule has 2 N–H and O–H groups in total. The van der Waals surface area contributed by atoms with Crippen LogP contribution in [0.25, 0.3) is 0 Å². The van der Waals surface area contributed by atoms with Crippen LogP contribution in [0.1, 0.15) is 21.5 Å². The normalized spacial score (nSPS) is 12.4. The highest BCUT2D eigenvalue weighted by molar-refractivity contribution is 6.05. The largest absolute Gasteiger partial charge is 0.326 e. The number of carbonyl (C=O) groups excluding carboxylic acids is 2. The molecule has 2 amide bonds. The number of hydrogen-bond acceptors (Lipinski definition) is 3. The highest BCUT2D eigenvalue weighted by Gasteiger charge is 2.19. The van der Waals surface area contributed by atoms with E-state index >= 15 is 0 Å². The Bertz CT molecular complexity index is 1200. The summed E-state index contributed by atoms with van der Waals surface area (Å²) in [5.41, 5.74) is 1.65. The molecule has 2 aromatic carbocycles. The van der Waals surface area contributed by atoms with Crippen molar-refractivity contribution in [3.05, 3.63) is 93.4 Å². The maximum atomic E-state index is 13.4. The molecule has 146 valence electrons. The summed E-state index contributed by atoms with van der Waals surface area (Å²) in [6, 6.07) is 11.3. The average Bonchev–Trinajstić information content (AvgIpc) is 3.05. The van der Waals surface area contributed by atoms with Crippen LogP contribution in [0, 0.1) is 11.6 Å². The second-order valence-corrected chi connectivity index (χ2v) is 6.65. The molecule has 1 aliphatic heterocycles. The van der Waals surface area contributed by atoms with Crippen LogP contribution in [-0.4, -0.2) is 16.4 Å². The number of nitrogens with one attached hydrogen (secondary N) is 2. The van der Waals surface area contributed by atoms with Gasteiger partial charge in [0.2, 0.25) is 5.91 Å². The summed E-state index contributed by atoms with van der Waals surface area (Å²) in [4.78, 5) is 36.7. The maximum Gasteiger partial charge on any atom is 0.263 e. The van der Waals surface area contributed by atoms with Crippen LogP contribution in [-0.2, 0) is 17.8 Å². The van der Waals surface area contributed by atoms with E-state index in [0.29, 0.717) is 16.9 Å². The second kappa shape index (κ2) is 7.31. The van der Waals surface area contributed by atoms with Crippen molar-refractivity contribution in [3.8, 4) is 0 Å². The Morgan fingerprint density at radius 3 is 2.69 bits per heavy atom. The monoisotopic (exact) mass is 395 g/mol. The summed E-state index contributed by atoms with van der Waals surface area (Å²) in [5, 5.41) is 5.35. The SMILES string of the molecule is O=C1Cc2cc(NC(=O)c3cccn(Cc4ccc(F)c(F)c4)c3=O)ccc2N1. The third-order valence-corrected chi connectivity index (χ3v) is 4.59. The number of nitrogens with zero attached hydrogens (tertiary/aromatic N) is 1. The van der Waals surface area contributed by atoms with Crippen molar-refractivity contribution in [2.24, 2.45) is 0 Å². The highest BCUT2D eigenvalue weighted by Crippen LogP contribution is 2.26. The van der Waals surface area contributed by atoms with Gasteiger partial charge in [-0.15, -0.1) is 0 Å². The minimum Gasteiger partial charge on any atom is -0.326 e. The smallest absolute Gasteiger partial charge is 0.263 e. The molecule has 0 saturated heterocycles. The number of rotatable bonds is 4. The van der Waals surface area contributed by atoms with Gasteiger partial charge in [-0.25, -0.2) is 8.78 Å². The predicted octanol–water partition coefficient (Wildman–Crippen LogP) is 2.92. The second-order valence-electron chi connectivity index (χ2n) is 6.65. The molecule has 0 unspecified atom stereocenters. The molecular weight excluding hydrogens is 380 g/mol. The van der Waals surface area contributed by atoms with Gasteiger partial charge in [0, 0.05) is 17.6 Å². The van der Waals surface area contributed by atoms with E-state index in [4.69, 9.17) is 0 Å². The molecular formula is C21H15F2N3O3. The Morgan fingerprint density at radius 2 is 1.90 bits per heavy atom. The molecule has 2 heterocycles. The zero-order chi connectivity index (χ0) is 20.5. The molecule has 0 aliphatic carbocycles. The van der Waals surface area contributed by atoms with Crippen LogP contribution in [0.15, 0.2) is 59.5 Å². The van der Waals surface area contributed by atoms with Crippen molar-refractivity contribution in [1.29, 1.82) is 0 Å². The van der Waals surface area contributed by atoms with Gasteiger partial charge in [0.15, 0.2) is 11.6 Å². The number of hydrogen-bond donors (Lipinski definition) is 2. The van der Waals surface area contributed by atoms with Gasteiger partial charge >= 0.3 is 0 Å². The Kier molecular flexibility index (Phi) is 4.67. The lowest BCUT2D eigenvalue weighted by molar-refractivity contribution is -0.115. The average molecular weight is 395 g/mol. The van der Waals surface area contributed by atoms with Crippen molar-refractivity contribution < 1.29 is 18.4 Å². The molecule has 4 rings (SSSR count). The third kappa shape index (κ3) is 3.77. The molecule has 8 heteroatoms. The molecule has 3 aromatic rings. The minimum atomic E-state index is -1.01. The zero-order valence-corrected chi connectivity index (χ0v) is 15.0. The molecule has 0 saturated carbocycles. The summed E-state index contributed by atoms with van der Waals surface area (Å²) in [7, 11) is 0. The van der Waals surface area contributed by atoms with Crippen LogP contribution >= 0.6 is 0 Å². The predicted molar refractivity (Wildman–Crippen MR) is 103 cm³/mol. The Hall–Kier alpha value is -3.81. The van der Waals surface area contributed by atoms with E-state index < -0.39 is 23.1 Å². The Labute approximate surface area is 163 Å². The lowest BCUT2D eigenvalue weighted by atomic mass is 10.1. The third-order valence-electron chi connectivity index (χ3n) is 4.59. The zero-order valence-electron chi connectivity index (χ0n) is 15.0. The number of amides is 2. The van der Waals surface area contributed by atoms with Crippen LogP contribution in [0.3, 0.4) is 0 Å². The number of anilines is 2. The van der Waals surface area contributed by atoms with Crippen molar-refractivity contribution in [2.45, 2.75) is 13.0 Å². The summed E-state index contributed by atoms with van der Waals surface area (Å²) in [6.07, 6.45) is 1.69. The quantitative estimate of drug-likeness (QED) is 0.713. The fourth-order valence-corrected chi connectivity index (χ4v) is 3.17. The van der Waals surface area contributed by atoms with Gasteiger partial charge in [-0.3, -0.25) is 14.4 Å². The highest BCUT2D eigenvalue weighted by atomic mass is 19.2. The fourth-order valence-electron chi connectivity index (χ4n) is 3.17. The van der Waals surface area contributed by atoms with Crippen molar-refractivity contribution in [2.75, 3.05) is 10.6 Å². The first-order valence-corrected chi connectivity index (χ1v) is 8.78. The molecule has 6 nitrogen and oxygen atoms in total. The van der Waals surface area contributed by atoms with E-state index in [1.807, 2.05) is 0 Å². The van der Waals surface area contributed by atoms with E-state index in [2.05, 4.69) is 10.6 Å². The fraction of sp³-hybridized carbons (Fsp3) is 0.0952. The molecule has 1 aliphatic rings. The van der Waals surface area contributed by atoms with Gasteiger partial charge in [0.25, 0.3) is 11.5 Å². The van der Waals surface area contributed by atoms with Gasteiger partial charge < -0.3 is 15.2 Å². The summed E-state index contributed by atoms with van der Waals surface area (Å²) in [6.45, 7) is -0.0101. The van der Waals surface area contributed by atoms with Crippen LogP contribution in [0.4, 0.5) is 20.2 Å². The standard InChI is InChI=1S/C21H15F2N3O3/c22-16-5-3-12(8-17(16)23)11-26-7-1-2-15(21(26)29)20(28)24-14-4-6-18-13(9-14)10-19(27)25-18/h1-9H,10-11H2,(H,24,28)(H,25,27). The molecule has 0 bridgehead atoms. The summed E-state index contributed by atoms with van der Waals surface area (Å²) >= 11 is 0. The van der Waals surface area contributed by atoms with Gasteiger partial charge in [-0.2, -0.15) is 0 Å². The summed E-state index contributed by atoms with van der Waals surface area (Å²) in [5.74, 6) is -2.70.